The molecule has 0 bridgehead atoms. The summed E-state index contributed by atoms with van der Waals surface area (Å²) in [6.07, 6.45) is 7.48. The maximum Gasteiger partial charge on any atom is 0.232 e. The molecule has 1 aliphatic carbocycles. The highest BCUT2D eigenvalue weighted by atomic mass is 32.1. The molecule has 148 valence electrons. The van der Waals surface area contributed by atoms with Gasteiger partial charge in [-0.05, 0) is 62.6 Å². The summed E-state index contributed by atoms with van der Waals surface area (Å²) in [5, 5.41) is 7.21. The Kier molecular flexibility index (Phi) is 5.66. The minimum absolute atomic E-state index is 0.526. The first-order valence-electron chi connectivity index (χ1n) is 10.5. The Morgan fingerprint density at radius 2 is 1.63 bits per heavy atom. The van der Waals surface area contributed by atoms with Gasteiger partial charge in [0.05, 0.1) is 0 Å². The van der Waals surface area contributed by atoms with E-state index in [0.717, 1.165) is 37.8 Å². The van der Waals surface area contributed by atoms with Crippen LogP contribution >= 0.6 is 12.2 Å². The van der Waals surface area contributed by atoms with Crippen molar-refractivity contribution < 1.29 is 0 Å². The van der Waals surface area contributed by atoms with Gasteiger partial charge in [0, 0.05) is 38.3 Å². The highest BCUT2D eigenvalue weighted by Crippen LogP contribution is 2.29. The summed E-state index contributed by atoms with van der Waals surface area (Å²) in [6.45, 7) is 8.95. The Morgan fingerprint density at radius 3 is 2.26 bits per heavy atom. The summed E-state index contributed by atoms with van der Waals surface area (Å²) in [6, 6.07) is 2.71. The van der Waals surface area contributed by atoms with Gasteiger partial charge in [-0.3, -0.25) is 0 Å². The van der Waals surface area contributed by atoms with E-state index in [1.54, 1.807) is 0 Å². The summed E-state index contributed by atoms with van der Waals surface area (Å²) < 4.78 is 0. The maximum absolute atomic E-state index is 5.46. The molecule has 4 rings (SSSR count). The third kappa shape index (κ3) is 5.00. The molecule has 1 aromatic rings. The summed E-state index contributed by atoms with van der Waals surface area (Å²) >= 11 is 5.46. The third-order valence-corrected chi connectivity index (χ3v) is 5.93. The van der Waals surface area contributed by atoms with Gasteiger partial charge in [0.1, 0.15) is 11.6 Å². The highest BCUT2D eigenvalue weighted by molar-refractivity contribution is 7.80. The number of nitrogens with zero attached hydrogens (tertiary/aromatic N) is 4. The number of piperidine rings is 2. The molecule has 3 aliphatic rings. The fourth-order valence-corrected chi connectivity index (χ4v) is 4.58. The van der Waals surface area contributed by atoms with Crippen LogP contribution < -0.4 is 20.4 Å². The third-order valence-electron chi connectivity index (χ3n) is 5.71. The van der Waals surface area contributed by atoms with E-state index < -0.39 is 0 Å². The van der Waals surface area contributed by atoms with Crippen molar-refractivity contribution >= 4 is 34.9 Å². The molecule has 2 N–H and O–H groups in total. The van der Waals surface area contributed by atoms with Gasteiger partial charge < -0.3 is 20.4 Å². The molecule has 2 saturated heterocycles. The average molecular weight is 389 g/mol. The van der Waals surface area contributed by atoms with Crippen LogP contribution in [-0.2, 0) is 0 Å². The SMILES string of the molecule is C[C@@H]1C[C@@H](C)CN(c2cc(N3CCCCC3)nc(NC(=S)NC3CC3)n2)C1. The van der Waals surface area contributed by atoms with Gasteiger partial charge in [0.15, 0.2) is 5.11 Å². The quantitative estimate of drug-likeness (QED) is 0.767. The number of nitrogens with one attached hydrogen (secondary N) is 2. The van der Waals surface area contributed by atoms with Gasteiger partial charge in [0.2, 0.25) is 5.95 Å². The molecule has 0 spiro atoms. The largest absolute Gasteiger partial charge is 0.360 e. The average Bonchev–Trinajstić information content (AvgIpc) is 3.45. The van der Waals surface area contributed by atoms with Crippen LogP contribution in [0.15, 0.2) is 6.07 Å². The number of hydrogen-bond donors (Lipinski definition) is 2. The van der Waals surface area contributed by atoms with Crippen molar-refractivity contribution in [2.45, 2.75) is 58.4 Å². The van der Waals surface area contributed by atoms with Crippen molar-refractivity contribution in [2.24, 2.45) is 11.8 Å². The second kappa shape index (κ2) is 8.17. The van der Waals surface area contributed by atoms with Crippen LogP contribution in [0.5, 0.6) is 0 Å². The van der Waals surface area contributed by atoms with Crippen LogP contribution in [0, 0.1) is 11.8 Å². The molecule has 0 radical (unpaired) electrons. The highest BCUT2D eigenvalue weighted by Gasteiger charge is 2.25. The predicted molar refractivity (Wildman–Crippen MR) is 116 cm³/mol. The van der Waals surface area contributed by atoms with Crippen LogP contribution in [0.1, 0.15) is 52.4 Å². The smallest absolute Gasteiger partial charge is 0.232 e. The molecule has 7 heteroatoms. The van der Waals surface area contributed by atoms with E-state index in [1.807, 2.05) is 0 Å². The van der Waals surface area contributed by atoms with E-state index in [9.17, 15) is 0 Å². The van der Waals surface area contributed by atoms with Crippen LogP contribution in [-0.4, -0.2) is 47.3 Å². The monoisotopic (exact) mass is 388 g/mol. The lowest BCUT2D eigenvalue weighted by atomic mass is 9.92. The fraction of sp³-hybridized carbons (Fsp3) is 0.750. The molecule has 0 amide bonds. The zero-order valence-corrected chi connectivity index (χ0v) is 17.4. The molecule has 1 aromatic heterocycles. The van der Waals surface area contributed by atoms with Crippen LogP contribution in [0.3, 0.4) is 0 Å². The molecule has 0 unspecified atom stereocenters. The molecule has 2 aliphatic heterocycles. The lowest BCUT2D eigenvalue weighted by Gasteiger charge is -2.36. The summed E-state index contributed by atoms with van der Waals surface area (Å²) in [4.78, 5) is 14.5. The van der Waals surface area contributed by atoms with Gasteiger partial charge >= 0.3 is 0 Å². The van der Waals surface area contributed by atoms with E-state index in [2.05, 4.69) is 40.3 Å². The minimum Gasteiger partial charge on any atom is -0.360 e. The van der Waals surface area contributed by atoms with Crippen molar-refractivity contribution in [3.8, 4) is 0 Å². The zero-order valence-electron chi connectivity index (χ0n) is 16.6. The van der Waals surface area contributed by atoms with Gasteiger partial charge in [-0.15, -0.1) is 0 Å². The Balaban J connectivity index is 1.57. The van der Waals surface area contributed by atoms with Gasteiger partial charge in [-0.2, -0.15) is 9.97 Å². The molecule has 27 heavy (non-hydrogen) atoms. The summed E-state index contributed by atoms with van der Waals surface area (Å²) in [5.74, 6) is 4.06. The zero-order chi connectivity index (χ0) is 18.8. The van der Waals surface area contributed by atoms with Gasteiger partial charge in [-0.1, -0.05) is 13.8 Å². The number of thiocarbonyl (C=S) groups is 1. The normalized spacial score (nSPS) is 26.0. The van der Waals surface area contributed by atoms with Crippen molar-refractivity contribution in [1.29, 1.82) is 0 Å². The standard InChI is InChI=1S/C20H32N6S/c1-14-10-15(2)13-26(12-14)18-11-17(25-8-4-3-5-9-25)22-19(23-18)24-20(27)21-16-6-7-16/h11,14-16H,3-10,12-13H2,1-2H3,(H2,21,22,23,24,27)/t14-,15-/m1/s1. The number of anilines is 3. The number of aromatic nitrogens is 2. The number of hydrogen-bond acceptors (Lipinski definition) is 5. The van der Waals surface area contributed by atoms with Crippen molar-refractivity contribution in [1.82, 2.24) is 15.3 Å². The van der Waals surface area contributed by atoms with Crippen LogP contribution in [0.25, 0.3) is 0 Å². The van der Waals surface area contributed by atoms with Crippen molar-refractivity contribution in [3.63, 3.8) is 0 Å². The van der Waals surface area contributed by atoms with E-state index in [1.165, 1.54) is 38.5 Å². The maximum atomic E-state index is 5.46. The van der Waals surface area contributed by atoms with Gasteiger partial charge in [-0.25, -0.2) is 0 Å². The van der Waals surface area contributed by atoms with E-state index in [-0.39, 0.29) is 0 Å². The van der Waals surface area contributed by atoms with Gasteiger partial charge in [0.25, 0.3) is 0 Å². The minimum atomic E-state index is 0.526. The lowest BCUT2D eigenvalue weighted by molar-refractivity contribution is 0.355. The van der Waals surface area contributed by atoms with Crippen LogP contribution in [0.4, 0.5) is 17.6 Å². The summed E-state index contributed by atoms with van der Waals surface area (Å²) in [7, 11) is 0. The molecule has 0 aromatic carbocycles. The van der Waals surface area contributed by atoms with Crippen molar-refractivity contribution in [3.05, 3.63) is 6.07 Å². The molecule has 6 nitrogen and oxygen atoms in total. The predicted octanol–water partition coefficient (Wildman–Crippen LogP) is 3.40. The molecular formula is C20H32N6S. The second-order valence-electron chi connectivity index (χ2n) is 8.68. The molecule has 2 atom stereocenters. The Bertz CT molecular complexity index is 660. The second-order valence-corrected chi connectivity index (χ2v) is 9.09. The molecule has 1 saturated carbocycles. The topological polar surface area (TPSA) is 56.3 Å². The molecule has 3 fully saturated rings. The molecular weight excluding hydrogens is 356 g/mol. The Hall–Kier alpha value is -1.63. The fourth-order valence-electron chi connectivity index (χ4n) is 4.33. The first-order valence-corrected chi connectivity index (χ1v) is 10.9. The summed E-state index contributed by atoms with van der Waals surface area (Å²) in [5.41, 5.74) is 0. The molecule has 3 heterocycles. The van der Waals surface area contributed by atoms with E-state index in [0.29, 0.717) is 28.9 Å². The first-order chi connectivity index (χ1) is 13.1. The number of rotatable bonds is 4. The lowest BCUT2D eigenvalue weighted by Crippen LogP contribution is -2.40. The Labute approximate surface area is 168 Å². The Morgan fingerprint density at radius 1 is 1.00 bits per heavy atom. The first kappa shape index (κ1) is 18.7. The van der Waals surface area contributed by atoms with E-state index >= 15 is 0 Å². The van der Waals surface area contributed by atoms with Crippen LogP contribution in [0.2, 0.25) is 0 Å². The van der Waals surface area contributed by atoms with E-state index in [4.69, 9.17) is 22.2 Å². The van der Waals surface area contributed by atoms with Crippen molar-refractivity contribution in [2.75, 3.05) is 41.3 Å².